The van der Waals surface area contributed by atoms with Gasteiger partial charge in [-0.15, -0.1) is 0 Å². The zero-order chi connectivity index (χ0) is 14.2. The fraction of sp³-hybridized carbons (Fsp3) is 0. The van der Waals surface area contributed by atoms with Gasteiger partial charge in [0.1, 0.15) is 5.84 Å². The first-order valence-corrected chi connectivity index (χ1v) is 6.83. The predicted molar refractivity (Wildman–Crippen MR) is 87.3 cm³/mol. The Kier molecular flexibility index (Phi) is 2.57. The van der Waals surface area contributed by atoms with Crippen LogP contribution in [0.5, 0.6) is 0 Å². The van der Waals surface area contributed by atoms with Gasteiger partial charge in [-0.3, -0.25) is 0 Å². The highest BCUT2D eigenvalue weighted by atomic mass is 15.0. The van der Waals surface area contributed by atoms with Crippen LogP contribution in [0.4, 0.5) is 5.69 Å². The third-order valence-corrected chi connectivity index (χ3v) is 3.64. The summed E-state index contributed by atoms with van der Waals surface area (Å²) in [4.78, 5) is 9.13. The number of hydrogen-bond donors (Lipinski definition) is 1. The molecule has 3 nitrogen and oxygen atoms in total. The second-order valence-corrected chi connectivity index (χ2v) is 4.98. The van der Waals surface area contributed by atoms with Gasteiger partial charge in [0.05, 0.1) is 5.69 Å². The summed E-state index contributed by atoms with van der Waals surface area (Å²) in [5.74, 6) is 1.19. The van der Waals surface area contributed by atoms with Gasteiger partial charge in [-0.2, -0.15) is 0 Å². The average Bonchev–Trinajstić information content (AvgIpc) is 2.53. The van der Waals surface area contributed by atoms with Crippen LogP contribution in [0.1, 0.15) is 11.1 Å². The topological polar surface area (TPSA) is 50.7 Å². The van der Waals surface area contributed by atoms with Crippen LogP contribution in [0.3, 0.4) is 0 Å². The highest BCUT2D eigenvalue weighted by Gasteiger charge is 2.18. The van der Waals surface area contributed by atoms with E-state index in [0.29, 0.717) is 11.7 Å². The lowest BCUT2D eigenvalue weighted by Gasteiger charge is -2.16. The Morgan fingerprint density at radius 2 is 1.48 bits per heavy atom. The molecule has 0 spiro atoms. The molecule has 0 atom stereocenters. The summed E-state index contributed by atoms with van der Waals surface area (Å²) in [6.07, 6.45) is 0. The Morgan fingerprint density at radius 1 is 0.762 bits per heavy atom. The van der Waals surface area contributed by atoms with E-state index in [4.69, 9.17) is 5.73 Å². The minimum atomic E-state index is 0.522. The van der Waals surface area contributed by atoms with Gasteiger partial charge in [-0.05, 0) is 17.5 Å². The minimum absolute atomic E-state index is 0.522. The molecule has 0 saturated heterocycles. The van der Waals surface area contributed by atoms with Crippen LogP contribution < -0.4 is 5.73 Å². The van der Waals surface area contributed by atoms with Gasteiger partial charge in [0.25, 0.3) is 0 Å². The van der Waals surface area contributed by atoms with Gasteiger partial charge in [-0.1, -0.05) is 54.6 Å². The standard InChI is InChI=1S/C18H13N3/c19-17-14-10-4-6-12-7-5-11-15(16(12)14)18(21-17)20-13-8-2-1-3-9-13/h1-11H,(H2,19,20,21). The Bertz CT molecular complexity index is 887. The summed E-state index contributed by atoms with van der Waals surface area (Å²) >= 11 is 0. The lowest BCUT2D eigenvalue weighted by atomic mass is 9.96. The van der Waals surface area contributed by atoms with E-state index in [-0.39, 0.29) is 0 Å². The number of nitrogens with zero attached hydrogens (tertiary/aromatic N) is 2. The number of benzene rings is 3. The molecule has 1 aliphatic rings. The van der Waals surface area contributed by atoms with E-state index in [1.54, 1.807) is 0 Å². The molecule has 3 aromatic carbocycles. The van der Waals surface area contributed by atoms with Crippen LogP contribution >= 0.6 is 0 Å². The van der Waals surface area contributed by atoms with Crippen LogP contribution in [0.2, 0.25) is 0 Å². The third-order valence-electron chi connectivity index (χ3n) is 3.64. The van der Waals surface area contributed by atoms with Crippen molar-refractivity contribution in [2.45, 2.75) is 0 Å². The number of nitrogens with two attached hydrogens (primary N) is 1. The molecule has 0 fully saturated rings. The average molecular weight is 271 g/mol. The van der Waals surface area contributed by atoms with Crippen molar-refractivity contribution < 1.29 is 0 Å². The number of rotatable bonds is 1. The van der Waals surface area contributed by atoms with Crippen LogP contribution in [0.15, 0.2) is 76.7 Å². The molecular formula is C18H13N3. The maximum absolute atomic E-state index is 6.12. The molecule has 3 aromatic rings. The van der Waals surface area contributed by atoms with Crippen molar-refractivity contribution in [1.82, 2.24) is 0 Å². The lowest BCUT2D eigenvalue weighted by molar-refractivity contribution is 1.42. The van der Waals surface area contributed by atoms with Crippen molar-refractivity contribution >= 4 is 28.1 Å². The molecular weight excluding hydrogens is 258 g/mol. The van der Waals surface area contributed by atoms with Gasteiger partial charge in [-0.25, -0.2) is 9.98 Å². The number of hydrogen-bond acceptors (Lipinski definition) is 2. The van der Waals surface area contributed by atoms with E-state index < -0.39 is 0 Å². The molecule has 0 bridgehead atoms. The molecule has 0 unspecified atom stereocenters. The molecule has 100 valence electrons. The zero-order valence-corrected chi connectivity index (χ0v) is 11.3. The minimum Gasteiger partial charge on any atom is -0.383 e. The van der Waals surface area contributed by atoms with Gasteiger partial charge < -0.3 is 5.73 Å². The fourth-order valence-corrected chi connectivity index (χ4v) is 2.69. The molecule has 1 heterocycles. The smallest absolute Gasteiger partial charge is 0.162 e. The summed E-state index contributed by atoms with van der Waals surface area (Å²) in [5.41, 5.74) is 9.00. The molecule has 3 heteroatoms. The first-order chi connectivity index (χ1) is 10.3. The molecule has 1 aliphatic heterocycles. The molecule has 0 saturated carbocycles. The zero-order valence-electron chi connectivity index (χ0n) is 11.3. The first kappa shape index (κ1) is 11.9. The van der Waals surface area contributed by atoms with Crippen molar-refractivity contribution in [1.29, 1.82) is 0 Å². The van der Waals surface area contributed by atoms with E-state index in [2.05, 4.69) is 22.1 Å². The number of amidine groups is 2. The van der Waals surface area contributed by atoms with Gasteiger partial charge in [0.15, 0.2) is 5.84 Å². The molecule has 0 radical (unpaired) electrons. The molecule has 0 amide bonds. The quantitative estimate of drug-likeness (QED) is 0.721. The van der Waals surface area contributed by atoms with E-state index >= 15 is 0 Å². The second-order valence-electron chi connectivity index (χ2n) is 4.98. The summed E-state index contributed by atoms with van der Waals surface area (Å²) in [6, 6.07) is 22.1. The van der Waals surface area contributed by atoms with Crippen molar-refractivity contribution in [2.75, 3.05) is 0 Å². The maximum Gasteiger partial charge on any atom is 0.162 e. The fourth-order valence-electron chi connectivity index (χ4n) is 2.69. The largest absolute Gasteiger partial charge is 0.383 e. The number of aliphatic imine (C=N–C) groups is 2. The van der Waals surface area contributed by atoms with Crippen LogP contribution in [0, 0.1) is 0 Å². The Labute approximate surface area is 122 Å². The maximum atomic E-state index is 6.12. The first-order valence-electron chi connectivity index (χ1n) is 6.83. The summed E-state index contributed by atoms with van der Waals surface area (Å²) < 4.78 is 0. The molecule has 4 rings (SSSR count). The monoisotopic (exact) mass is 271 g/mol. The lowest BCUT2D eigenvalue weighted by Crippen LogP contribution is -2.21. The Morgan fingerprint density at radius 3 is 2.24 bits per heavy atom. The molecule has 21 heavy (non-hydrogen) atoms. The number of para-hydroxylation sites is 1. The summed E-state index contributed by atoms with van der Waals surface area (Å²) in [7, 11) is 0. The van der Waals surface area contributed by atoms with Crippen molar-refractivity contribution in [2.24, 2.45) is 15.7 Å². The highest BCUT2D eigenvalue weighted by molar-refractivity contribution is 6.26. The van der Waals surface area contributed by atoms with Crippen molar-refractivity contribution in [3.8, 4) is 0 Å². The Hall–Kier alpha value is -2.94. The second kappa shape index (κ2) is 4.56. The normalized spacial score (nSPS) is 15.2. The molecule has 0 aromatic heterocycles. The van der Waals surface area contributed by atoms with E-state index in [9.17, 15) is 0 Å². The highest BCUT2D eigenvalue weighted by Crippen LogP contribution is 2.28. The van der Waals surface area contributed by atoms with Gasteiger partial charge in [0, 0.05) is 16.5 Å². The molecule has 0 aliphatic carbocycles. The van der Waals surface area contributed by atoms with Gasteiger partial charge in [0.2, 0.25) is 0 Å². The van der Waals surface area contributed by atoms with Gasteiger partial charge >= 0.3 is 0 Å². The molecule has 2 N–H and O–H groups in total. The SMILES string of the molecule is NC1=NC(=Nc2ccccc2)c2cccc3cccc1c23. The van der Waals surface area contributed by atoms with Crippen LogP contribution in [-0.2, 0) is 0 Å². The van der Waals surface area contributed by atoms with E-state index in [1.165, 1.54) is 0 Å². The van der Waals surface area contributed by atoms with Crippen molar-refractivity contribution in [3.63, 3.8) is 0 Å². The predicted octanol–water partition coefficient (Wildman–Crippen LogP) is 3.64. The van der Waals surface area contributed by atoms with E-state index in [1.807, 2.05) is 54.6 Å². The van der Waals surface area contributed by atoms with Crippen LogP contribution in [-0.4, -0.2) is 11.7 Å². The van der Waals surface area contributed by atoms with E-state index in [0.717, 1.165) is 27.6 Å². The Balaban J connectivity index is 2.01. The summed E-state index contributed by atoms with van der Waals surface area (Å²) in [5, 5.41) is 2.28. The van der Waals surface area contributed by atoms with Crippen molar-refractivity contribution in [3.05, 3.63) is 77.9 Å². The van der Waals surface area contributed by atoms with Crippen LogP contribution in [0.25, 0.3) is 10.8 Å². The summed E-state index contributed by atoms with van der Waals surface area (Å²) in [6.45, 7) is 0. The third kappa shape index (κ3) is 1.91.